The molecule has 1 heterocycles. The monoisotopic (exact) mass is 416 g/mol. The molecule has 0 fully saturated rings. The van der Waals surface area contributed by atoms with Crippen molar-refractivity contribution in [1.29, 1.82) is 0 Å². The van der Waals surface area contributed by atoms with E-state index in [0.717, 1.165) is 21.5 Å². The van der Waals surface area contributed by atoms with Crippen LogP contribution in [0.5, 0.6) is 0 Å². The normalized spacial score (nSPS) is 15.8. The Balaban J connectivity index is 1.77. The van der Waals surface area contributed by atoms with Crippen LogP contribution in [0.2, 0.25) is 0 Å². The zero-order valence-electron chi connectivity index (χ0n) is 13.4. The Kier molecular flexibility index (Phi) is 5.60. The highest BCUT2D eigenvalue weighted by Crippen LogP contribution is 2.33. The zero-order chi connectivity index (χ0) is 17.8. The van der Waals surface area contributed by atoms with Crippen LogP contribution in [-0.2, 0) is 10.5 Å². The van der Waals surface area contributed by atoms with Crippen molar-refractivity contribution in [2.45, 2.75) is 11.8 Å². The summed E-state index contributed by atoms with van der Waals surface area (Å²) in [6.07, 6.45) is 1.20. The van der Waals surface area contributed by atoms with Crippen LogP contribution >= 0.6 is 27.7 Å². The van der Waals surface area contributed by atoms with Gasteiger partial charge >= 0.3 is 0 Å². The van der Waals surface area contributed by atoms with Crippen molar-refractivity contribution in [3.8, 4) is 0 Å². The number of fused-ring (bicyclic) bond motifs is 1. The predicted molar refractivity (Wildman–Crippen MR) is 106 cm³/mol. The third kappa shape index (κ3) is 4.32. The summed E-state index contributed by atoms with van der Waals surface area (Å²) in [4.78, 5) is 24.1. The molecule has 1 aliphatic heterocycles. The van der Waals surface area contributed by atoms with Crippen LogP contribution in [0.3, 0.4) is 0 Å². The molecule has 0 spiro atoms. The van der Waals surface area contributed by atoms with Gasteiger partial charge in [-0.05, 0) is 47.5 Å². The lowest BCUT2D eigenvalue weighted by Crippen LogP contribution is -2.32. The first kappa shape index (κ1) is 17.8. The number of amides is 2. The Bertz CT molecular complexity index is 838. The summed E-state index contributed by atoms with van der Waals surface area (Å²) < 4.78 is 1.01. The minimum Gasteiger partial charge on any atom is -0.344 e. The van der Waals surface area contributed by atoms with E-state index >= 15 is 0 Å². The van der Waals surface area contributed by atoms with E-state index in [4.69, 9.17) is 0 Å². The number of carbonyl (C=O) groups excluding carboxylic acids is 2. The van der Waals surface area contributed by atoms with Crippen LogP contribution in [0.25, 0.3) is 0 Å². The molecule has 6 heteroatoms. The number of halogens is 1. The number of anilines is 1. The second-order valence-electron chi connectivity index (χ2n) is 5.66. The molecular formula is C19H17BrN2O2S. The van der Waals surface area contributed by atoms with Crippen LogP contribution in [0.4, 0.5) is 5.69 Å². The summed E-state index contributed by atoms with van der Waals surface area (Å²) in [6.45, 7) is 3.42. The van der Waals surface area contributed by atoms with Gasteiger partial charge in [-0.3, -0.25) is 9.59 Å². The molecule has 2 aromatic rings. The second-order valence-corrected chi connectivity index (χ2v) is 7.60. The van der Waals surface area contributed by atoms with Crippen molar-refractivity contribution in [2.24, 2.45) is 0 Å². The fourth-order valence-electron chi connectivity index (χ4n) is 2.69. The van der Waals surface area contributed by atoms with Crippen molar-refractivity contribution in [1.82, 2.24) is 5.32 Å². The maximum Gasteiger partial charge on any atom is 0.251 e. The lowest BCUT2D eigenvalue weighted by Gasteiger charge is -2.26. The summed E-state index contributed by atoms with van der Waals surface area (Å²) in [5, 5.41) is 5.77. The van der Waals surface area contributed by atoms with Gasteiger partial charge in [0.1, 0.15) is 0 Å². The highest BCUT2D eigenvalue weighted by Gasteiger charge is 2.23. The van der Waals surface area contributed by atoms with Gasteiger partial charge in [0.2, 0.25) is 5.91 Å². The molecule has 0 aliphatic carbocycles. The molecule has 25 heavy (non-hydrogen) atoms. The van der Waals surface area contributed by atoms with E-state index in [1.165, 1.54) is 11.6 Å². The highest BCUT2D eigenvalue weighted by atomic mass is 79.9. The van der Waals surface area contributed by atoms with Gasteiger partial charge < -0.3 is 10.6 Å². The lowest BCUT2D eigenvalue weighted by molar-refractivity contribution is -0.111. The number of rotatable bonds is 4. The first-order valence-corrected chi connectivity index (χ1v) is 9.72. The largest absolute Gasteiger partial charge is 0.344 e. The lowest BCUT2D eigenvalue weighted by atomic mass is 10.0. The minimum atomic E-state index is -0.306. The van der Waals surface area contributed by atoms with Gasteiger partial charge in [-0.2, -0.15) is 11.8 Å². The molecule has 0 aromatic heterocycles. The summed E-state index contributed by atoms with van der Waals surface area (Å²) in [6, 6.07) is 13.0. The number of carbonyl (C=O) groups is 2. The summed E-state index contributed by atoms with van der Waals surface area (Å²) in [7, 11) is 0. The highest BCUT2D eigenvalue weighted by molar-refractivity contribution is 9.10. The van der Waals surface area contributed by atoms with Crippen LogP contribution in [0, 0.1) is 0 Å². The fourth-order valence-corrected chi connectivity index (χ4v) is 4.17. The predicted octanol–water partition coefficient (Wildman–Crippen LogP) is 4.29. The molecule has 4 nitrogen and oxygen atoms in total. The standard InChI is InChI=1S/C19H17BrN2O2S/c1-2-18(23)21-15-5-3-4-12(8-15)19(24)22-17-11-25-10-13-6-7-14(20)9-16(13)17/h2-9,17H,1,10-11H2,(H,21,23)(H,22,24)/t17-/m0/s1. The Morgan fingerprint density at radius 3 is 2.88 bits per heavy atom. The Hall–Kier alpha value is -2.05. The van der Waals surface area contributed by atoms with Crippen molar-refractivity contribution >= 4 is 45.2 Å². The first-order valence-electron chi connectivity index (χ1n) is 7.77. The van der Waals surface area contributed by atoms with Gasteiger partial charge in [0.25, 0.3) is 5.91 Å². The molecule has 3 rings (SSSR count). The smallest absolute Gasteiger partial charge is 0.251 e. The van der Waals surface area contributed by atoms with Crippen LogP contribution in [0.1, 0.15) is 27.5 Å². The second kappa shape index (κ2) is 7.89. The SMILES string of the molecule is C=CC(=O)Nc1cccc(C(=O)N[C@H]2CSCc3ccc(Br)cc32)c1. The van der Waals surface area contributed by atoms with E-state index in [1.807, 2.05) is 6.07 Å². The van der Waals surface area contributed by atoms with Gasteiger partial charge in [-0.25, -0.2) is 0 Å². The van der Waals surface area contributed by atoms with Gasteiger partial charge in [0, 0.05) is 27.2 Å². The molecule has 1 aliphatic rings. The molecule has 0 saturated carbocycles. The van der Waals surface area contributed by atoms with Gasteiger partial charge in [-0.15, -0.1) is 0 Å². The van der Waals surface area contributed by atoms with Crippen molar-refractivity contribution in [2.75, 3.05) is 11.1 Å². The number of thioether (sulfide) groups is 1. The Labute approximate surface area is 159 Å². The minimum absolute atomic E-state index is 0.0369. The van der Waals surface area contributed by atoms with E-state index in [2.05, 4.69) is 45.3 Å². The maximum absolute atomic E-state index is 12.7. The van der Waals surface area contributed by atoms with Crippen LogP contribution < -0.4 is 10.6 Å². The Morgan fingerprint density at radius 1 is 1.24 bits per heavy atom. The molecule has 0 bridgehead atoms. The molecular weight excluding hydrogens is 400 g/mol. The summed E-state index contributed by atoms with van der Waals surface area (Å²) in [5.74, 6) is 1.33. The van der Waals surface area contributed by atoms with Crippen molar-refractivity contribution < 1.29 is 9.59 Å². The van der Waals surface area contributed by atoms with Gasteiger partial charge in [0.15, 0.2) is 0 Å². The first-order chi connectivity index (χ1) is 12.1. The topological polar surface area (TPSA) is 58.2 Å². The van der Waals surface area contributed by atoms with Crippen molar-refractivity contribution in [3.63, 3.8) is 0 Å². The van der Waals surface area contributed by atoms with E-state index in [1.54, 1.807) is 36.0 Å². The fraction of sp³-hybridized carbons (Fsp3) is 0.158. The third-order valence-corrected chi connectivity index (χ3v) is 5.49. The van der Waals surface area contributed by atoms with Gasteiger partial charge in [0.05, 0.1) is 6.04 Å². The molecule has 0 radical (unpaired) electrons. The number of hydrogen-bond acceptors (Lipinski definition) is 3. The summed E-state index contributed by atoms with van der Waals surface area (Å²) >= 11 is 5.31. The molecule has 2 amide bonds. The van der Waals surface area contributed by atoms with E-state index in [0.29, 0.717) is 11.3 Å². The molecule has 0 saturated heterocycles. The number of benzene rings is 2. The zero-order valence-corrected chi connectivity index (χ0v) is 15.8. The number of nitrogens with one attached hydrogen (secondary N) is 2. The van der Waals surface area contributed by atoms with Crippen LogP contribution in [0.15, 0.2) is 59.6 Å². The molecule has 128 valence electrons. The van der Waals surface area contributed by atoms with Crippen LogP contribution in [-0.4, -0.2) is 17.6 Å². The quantitative estimate of drug-likeness (QED) is 0.730. The molecule has 2 N–H and O–H groups in total. The average Bonchev–Trinajstić information content (AvgIpc) is 2.62. The van der Waals surface area contributed by atoms with E-state index < -0.39 is 0 Å². The maximum atomic E-state index is 12.7. The van der Waals surface area contributed by atoms with E-state index in [9.17, 15) is 9.59 Å². The Morgan fingerprint density at radius 2 is 2.08 bits per heavy atom. The number of hydrogen-bond donors (Lipinski definition) is 2. The molecule has 0 unspecified atom stereocenters. The van der Waals surface area contributed by atoms with Crippen molar-refractivity contribution in [3.05, 3.63) is 76.3 Å². The molecule has 2 aromatic carbocycles. The molecule has 1 atom stereocenters. The van der Waals surface area contributed by atoms with Gasteiger partial charge in [-0.1, -0.05) is 34.6 Å². The average molecular weight is 417 g/mol. The van der Waals surface area contributed by atoms with E-state index in [-0.39, 0.29) is 17.9 Å². The summed E-state index contributed by atoms with van der Waals surface area (Å²) in [5.41, 5.74) is 3.47. The third-order valence-electron chi connectivity index (χ3n) is 3.91.